The SMILES string of the molecule is Cn1nc2ccc([N+](=O)[O-])cc2c1Br. The molecule has 0 saturated carbocycles. The average Bonchev–Trinajstić information content (AvgIpc) is 2.43. The van der Waals surface area contributed by atoms with Gasteiger partial charge in [0.05, 0.1) is 10.4 Å². The Morgan fingerprint density at radius 3 is 2.93 bits per heavy atom. The molecule has 0 fully saturated rings. The smallest absolute Gasteiger partial charge is 0.260 e. The highest BCUT2D eigenvalue weighted by atomic mass is 79.9. The van der Waals surface area contributed by atoms with Crippen LogP contribution < -0.4 is 0 Å². The molecule has 0 bridgehead atoms. The van der Waals surface area contributed by atoms with Crippen LogP contribution in [0.5, 0.6) is 0 Å². The Morgan fingerprint density at radius 1 is 1.57 bits per heavy atom. The standard InChI is InChI=1S/C8H6BrN3O2/c1-11-8(9)6-4-5(12(13)14)2-3-7(6)10-11/h2-4H,1H3. The maximum absolute atomic E-state index is 10.5. The Morgan fingerprint density at radius 2 is 2.29 bits per heavy atom. The lowest BCUT2D eigenvalue weighted by molar-refractivity contribution is -0.384. The summed E-state index contributed by atoms with van der Waals surface area (Å²) in [6.45, 7) is 0. The average molecular weight is 256 g/mol. The number of benzene rings is 1. The molecule has 14 heavy (non-hydrogen) atoms. The van der Waals surface area contributed by atoms with Crippen molar-refractivity contribution in [3.05, 3.63) is 32.9 Å². The molecule has 1 aromatic heterocycles. The van der Waals surface area contributed by atoms with E-state index in [2.05, 4.69) is 21.0 Å². The third kappa shape index (κ3) is 1.27. The molecule has 0 radical (unpaired) electrons. The fourth-order valence-corrected chi connectivity index (χ4v) is 1.67. The molecule has 0 atom stereocenters. The minimum absolute atomic E-state index is 0.0752. The van der Waals surface area contributed by atoms with Crippen LogP contribution in [0, 0.1) is 10.1 Å². The summed E-state index contributed by atoms with van der Waals surface area (Å²) in [5, 5.41) is 15.4. The molecular formula is C8H6BrN3O2. The number of nitro benzene ring substituents is 1. The van der Waals surface area contributed by atoms with Gasteiger partial charge in [0.15, 0.2) is 0 Å². The van der Waals surface area contributed by atoms with Crippen molar-refractivity contribution in [2.75, 3.05) is 0 Å². The van der Waals surface area contributed by atoms with Gasteiger partial charge in [-0.25, -0.2) is 0 Å². The van der Waals surface area contributed by atoms with Crippen molar-refractivity contribution in [3.8, 4) is 0 Å². The highest BCUT2D eigenvalue weighted by molar-refractivity contribution is 9.10. The molecule has 0 saturated heterocycles. The molecule has 0 aliphatic rings. The van der Waals surface area contributed by atoms with Gasteiger partial charge in [0, 0.05) is 24.6 Å². The van der Waals surface area contributed by atoms with Crippen molar-refractivity contribution in [2.24, 2.45) is 7.05 Å². The van der Waals surface area contributed by atoms with Gasteiger partial charge in [-0.3, -0.25) is 14.8 Å². The summed E-state index contributed by atoms with van der Waals surface area (Å²) in [4.78, 5) is 10.1. The highest BCUT2D eigenvalue weighted by Gasteiger charge is 2.11. The van der Waals surface area contributed by atoms with Crippen LogP contribution in [-0.2, 0) is 7.05 Å². The van der Waals surface area contributed by atoms with Crippen LogP contribution in [0.25, 0.3) is 10.9 Å². The van der Waals surface area contributed by atoms with Crippen LogP contribution >= 0.6 is 15.9 Å². The van der Waals surface area contributed by atoms with E-state index in [1.165, 1.54) is 12.1 Å². The lowest BCUT2D eigenvalue weighted by Gasteiger charge is -1.91. The van der Waals surface area contributed by atoms with Gasteiger partial charge >= 0.3 is 0 Å². The lowest BCUT2D eigenvalue weighted by Crippen LogP contribution is -1.88. The molecule has 72 valence electrons. The number of fused-ring (bicyclic) bond motifs is 1. The Balaban J connectivity index is 2.76. The van der Waals surface area contributed by atoms with Crippen LogP contribution in [-0.4, -0.2) is 14.7 Å². The van der Waals surface area contributed by atoms with Crippen molar-refractivity contribution in [2.45, 2.75) is 0 Å². The highest BCUT2D eigenvalue weighted by Crippen LogP contribution is 2.26. The summed E-state index contributed by atoms with van der Waals surface area (Å²) in [5.74, 6) is 0. The zero-order chi connectivity index (χ0) is 10.3. The first-order valence-electron chi connectivity index (χ1n) is 3.86. The minimum Gasteiger partial charge on any atom is -0.260 e. The quantitative estimate of drug-likeness (QED) is 0.580. The molecule has 0 amide bonds. The number of non-ortho nitro benzene ring substituents is 1. The molecule has 0 N–H and O–H groups in total. The van der Waals surface area contributed by atoms with Crippen molar-refractivity contribution in [3.63, 3.8) is 0 Å². The predicted octanol–water partition coefficient (Wildman–Crippen LogP) is 2.24. The fourth-order valence-electron chi connectivity index (χ4n) is 1.27. The molecule has 0 aliphatic carbocycles. The van der Waals surface area contributed by atoms with Crippen molar-refractivity contribution in [1.29, 1.82) is 0 Å². The third-order valence-electron chi connectivity index (χ3n) is 1.96. The molecule has 0 unspecified atom stereocenters. The first kappa shape index (κ1) is 9.14. The van der Waals surface area contributed by atoms with Crippen LogP contribution in [0.15, 0.2) is 22.8 Å². The number of aryl methyl sites for hydroxylation is 1. The van der Waals surface area contributed by atoms with Crippen molar-refractivity contribution in [1.82, 2.24) is 9.78 Å². The van der Waals surface area contributed by atoms with E-state index in [1.807, 2.05) is 0 Å². The maximum atomic E-state index is 10.5. The second-order valence-corrected chi connectivity index (χ2v) is 3.62. The number of rotatable bonds is 1. The summed E-state index contributed by atoms with van der Waals surface area (Å²) < 4.78 is 2.38. The molecule has 0 aliphatic heterocycles. The number of aromatic nitrogens is 2. The van der Waals surface area contributed by atoms with E-state index in [1.54, 1.807) is 17.8 Å². The second-order valence-electron chi connectivity index (χ2n) is 2.87. The van der Waals surface area contributed by atoms with E-state index >= 15 is 0 Å². The van der Waals surface area contributed by atoms with E-state index in [9.17, 15) is 10.1 Å². The molecule has 6 heteroatoms. The first-order valence-corrected chi connectivity index (χ1v) is 4.65. The Hall–Kier alpha value is -1.43. The summed E-state index contributed by atoms with van der Waals surface area (Å²) in [7, 11) is 1.77. The summed E-state index contributed by atoms with van der Waals surface area (Å²) in [6, 6.07) is 4.59. The van der Waals surface area contributed by atoms with Gasteiger partial charge in [0.25, 0.3) is 5.69 Å². The van der Waals surface area contributed by atoms with Crippen LogP contribution in [0.1, 0.15) is 0 Å². The van der Waals surface area contributed by atoms with Gasteiger partial charge in [0.2, 0.25) is 0 Å². The zero-order valence-corrected chi connectivity index (χ0v) is 8.85. The lowest BCUT2D eigenvalue weighted by atomic mass is 10.2. The first-order chi connectivity index (χ1) is 6.59. The predicted molar refractivity (Wildman–Crippen MR) is 55.1 cm³/mol. The monoisotopic (exact) mass is 255 g/mol. The van der Waals surface area contributed by atoms with Gasteiger partial charge in [-0.05, 0) is 22.0 Å². The molecule has 0 spiro atoms. The number of nitro groups is 1. The largest absolute Gasteiger partial charge is 0.270 e. The Bertz CT molecular complexity index is 521. The van der Waals surface area contributed by atoms with Gasteiger partial charge < -0.3 is 0 Å². The number of hydrogen-bond acceptors (Lipinski definition) is 3. The molecule has 5 nitrogen and oxygen atoms in total. The van der Waals surface area contributed by atoms with E-state index < -0.39 is 4.92 Å². The Kier molecular flexibility index (Phi) is 1.99. The maximum Gasteiger partial charge on any atom is 0.270 e. The van der Waals surface area contributed by atoms with E-state index in [0.29, 0.717) is 0 Å². The minimum atomic E-state index is -0.418. The topological polar surface area (TPSA) is 61.0 Å². The van der Waals surface area contributed by atoms with E-state index in [0.717, 1.165) is 15.5 Å². The second kappa shape index (κ2) is 3.06. The van der Waals surface area contributed by atoms with E-state index in [4.69, 9.17) is 0 Å². The third-order valence-corrected chi connectivity index (χ3v) is 2.90. The van der Waals surface area contributed by atoms with Gasteiger partial charge in [-0.1, -0.05) is 0 Å². The molecule has 2 aromatic rings. The molecule has 2 rings (SSSR count). The molecular weight excluding hydrogens is 250 g/mol. The van der Waals surface area contributed by atoms with Crippen LogP contribution in [0.2, 0.25) is 0 Å². The normalized spacial score (nSPS) is 10.7. The number of halogens is 1. The molecule has 1 aromatic carbocycles. The van der Waals surface area contributed by atoms with Crippen molar-refractivity contribution < 1.29 is 4.92 Å². The fraction of sp³-hybridized carbons (Fsp3) is 0.125. The van der Waals surface area contributed by atoms with E-state index in [-0.39, 0.29) is 5.69 Å². The van der Waals surface area contributed by atoms with Gasteiger partial charge in [-0.2, -0.15) is 5.10 Å². The van der Waals surface area contributed by atoms with Gasteiger partial charge in [0.1, 0.15) is 4.60 Å². The number of nitrogens with zero attached hydrogens (tertiary/aromatic N) is 3. The van der Waals surface area contributed by atoms with Crippen LogP contribution in [0.4, 0.5) is 5.69 Å². The molecule has 1 heterocycles. The van der Waals surface area contributed by atoms with Gasteiger partial charge in [-0.15, -0.1) is 0 Å². The van der Waals surface area contributed by atoms with Crippen molar-refractivity contribution >= 4 is 32.5 Å². The Labute approximate surface area is 87.6 Å². The van der Waals surface area contributed by atoms with Crippen LogP contribution in [0.3, 0.4) is 0 Å². The summed E-state index contributed by atoms with van der Waals surface area (Å²) >= 11 is 3.31. The zero-order valence-electron chi connectivity index (χ0n) is 7.27. The summed E-state index contributed by atoms with van der Waals surface area (Å²) in [5.41, 5.74) is 0.816. The number of hydrogen-bond donors (Lipinski definition) is 0. The summed E-state index contributed by atoms with van der Waals surface area (Å²) in [6.07, 6.45) is 0.